The molecule has 4 rings (SSSR count). The minimum Gasteiger partial charge on any atom is -0.466 e. The lowest BCUT2D eigenvalue weighted by Gasteiger charge is -2.23. The van der Waals surface area contributed by atoms with Gasteiger partial charge in [0.2, 0.25) is 0 Å². The fourth-order valence-corrected chi connectivity index (χ4v) is 3.64. The van der Waals surface area contributed by atoms with Gasteiger partial charge in [-0.3, -0.25) is 9.59 Å². The predicted molar refractivity (Wildman–Crippen MR) is 111 cm³/mol. The van der Waals surface area contributed by atoms with Crippen LogP contribution in [0.25, 0.3) is 10.9 Å². The second kappa shape index (κ2) is 8.43. The van der Waals surface area contributed by atoms with Crippen LogP contribution in [0.5, 0.6) is 0 Å². The number of carbonyl (C=O) groups is 2. The van der Waals surface area contributed by atoms with E-state index in [1.54, 1.807) is 11.0 Å². The van der Waals surface area contributed by atoms with E-state index in [1.807, 2.05) is 67.6 Å². The van der Waals surface area contributed by atoms with Gasteiger partial charge in [-0.25, -0.2) is 4.98 Å². The minimum atomic E-state index is -0.159. The average Bonchev–Trinajstić information content (AvgIpc) is 3.53. The molecule has 0 radical (unpaired) electrons. The van der Waals surface area contributed by atoms with Crippen molar-refractivity contribution in [3.05, 3.63) is 78.0 Å². The zero-order valence-corrected chi connectivity index (χ0v) is 16.5. The Kier molecular flexibility index (Phi) is 5.56. The molecule has 148 valence electrons. The number of benzene rings is 2. The molecule has 1 aromatic heterocycles. The molecule has 0 aliphatic heterocycles. The third-order valence-corrected chi connectivity index (χ3v) is 5.29. The lowest BCUT2D eigenvalue weighted by atomic mass is 10.1. The molecule has 1 heterocycles. The summed E-state index contributed by atoms with van der Waals surface area (Å²) < 4.78 is 5.13. The molecule has 5 heteroatoms. The third kappa shape index (κ3) is 4.45. The fourth-order valence-electron chi connectivity index (χ4n) is 3.64. The molecule has 0 saturated heterocycles. The van der Waals surface area contributed by atoms with E-state index in [2.05, 4.69) is 4.98 Å². The Balaban J connectivity index is 1.55. The smallest absolute Gasteiger partial charge is 0.309 e. The standard InChI is InChI=1S/C24H24N2O3/c1-2-29-24(28)20-14-19(20)16-26(15-17-8-4-3-5-9-17)23(27)22-13-12-18-10-6-7-11-21(18)25-22/h3-13,19-20H,2,14-16H2,1H3/t19-,20+/m0/s1. The lowest BCUT2D eigenvalue weighted by Crippen LogP contribution is -2.33. The summed E-state index contributed by atoms with van der Waals surface area (Å²) in [4.78, 5) is 31.7. The summed E-state index contributed by atoms with van der Waals surface area (Å²) in [5.41, 5.74) is 2.27. The number of esters is 1. The van der Waals surface area contributed by atoms with E-state index >= 15 is 0 Å². The summed E-state index contributed by atoms with van der Waals surface area (Å²) >= 11 is 0. The highest BCUT2D eigenvalue weighted by molar-refractivity contribution is 5.95. The van der Waals surface area contributed by atoms with Gasteiger partial charge in [0, 0.05) is 18.5 Å². The second-order valence-electron chi connectivity index (χ2n) is 7.41. The number of nitrogens with zero attached hydrogens (tertiary/aromatic N) is 2. The Bertz CT molecular complexity index is 1020. The van der Waals surface area contributed by atoms with Crippen molar-refractivity contribution < 1.29 is 14.3 Å². The lowest BCUT2D eigenvalue weighted by molar-refractivity contribution is -0.145. The van der Waals surface area contributed by atoms with Crippen LogP contribution >= 0.6 is 0 Å². The van der Waals surface area contributed by atoms with Crippen molar-refractivity contribution in [1.82, 2.24) is 9.88 Å². The summed E-state index contributed by atoms with van der Waals surface area (Å²) in [5.74, 6) is -0.240. The van der Waals surface area contributed by atoms with Crippen LogP contribution in [0.4, 0.5) is 0 Å². The van der Waals surface area contributed by atoms with Crippen LogP contribution in [0.2, 0.25) is 0 Å². The Morgan fingerprint density at radius 1 is 1.03 bits per heavy atom. The number of hydrogen-bond donors (Lipinski definition) is 0. The van der Waals surface area contributed by atoms with Crippen molar-refractivity contribution in [1.29, 1.82) is 0 Å². The molecule has 29 heavy (non-hydrogen) atoms. The van der Waals surface area contributed by atoms with Gasteiger partial charge in [-0.2, -0.15) is 0 Å². The molecule has 3 aromatic rings. The first kappa shape index (κ1) is 19.1. The Labute approximate surface area is 170 Å². The molecule has 0 spiro atoms. The van der Waals surface area contributed by atoms with Gasteiger partial charge in [0.15, 0.2) is 0 Å². The maximum atomic E-state index is 13.3. The topological polar surface area (TPSA) is 59.5 Å². The quantitative estimate of drug-likeness (QED) is 0.573. The summed E-state index contributed by atoms with van der Waals surface area (Å²) in [5, 5.41) is 1.00. The van der Waals surface area contributed by atoms with Gasteiger partial charge in [0.25, 0.3) is 5.91 Å². The van der Waals surface area contributed by atoms with Crippen molar-refractivity contribution in [3.63, 3.8) is 0 Å². The number of ether oxygens (including phenoxy) is 1. The monoisotopic (exact) mass is 388 g/mol. The number of fused-ring (bicyclic) bond motifs is 1. The maximum absolute atomic E-state index is 13.3. The normalized spacial score (nSPS) is 17.7. The van der Waals surface area contributed by atoms with Gasteiger partial charge in [0.1, 0.15) is 5.69 Å². The summed E-state index contributed by atoms with van der Waals surface area (Å²) in [6.07, 6.45) is 0.766. The van der Waals surface area contributed by atoms with Crippen LogP contribution < -0.4 is 0 Å². The van der Waals surface area contributed by atoms with E-state index < -0.39 is 0 Å². The molecule has 5 nitrogen and oxygen atoms in total. The Morgan fingerprint density at radius 3 is 2.59 bits per heavy atom. The first-order chi connectivity index (χ1) is 14.2. The molecule has 0 unspecified atom stereocenters. The molecule has 1 aliphatic rings. The van der Waals surface area contributed by atoms with Crippen LogP contribution in [-0.2, 0) is 16.1 Å². The summed E-state index contributed by atoms with van der Waals surface area (Å²) in [6, 6.07) is 21.3. The van der Waals surface area contributed by atoms with Crippen molar-refractivity contribution in [2.45, 2.75) is 19.9 Å². The molecular formula is C24H24N2O3. The van der Waals surface area contributed by atoms with Gasteiger partial charge in [0.05, 0.1) is 18.0 Å². The molecule has 2 atom stereocenters. The van der Waals surface area contributed by atoms with Gasteiger partial charge in [-0.1, -0.05) is 54.6 Å². The number of amides is 1. The molecule has 1 aliphatic carbocycles. The Morgan fingerprint density at radius 2 is 1.79 bits per heavy atom. The van der Waals surface area contributed by atoms with Crippen LogP contribution in [0.15, 0.2) is 66.7 Å². The number of aromatic nitrogens is 1. The van der Waals surface area contributed by atoms with Gasteiger partial charge in [-0.05, 0) is 37.0 Å². The van der Waals surface area contributed by atoms with Gasteiger partial charge in [-0.15, -0.1) is 0 Å². The number of carbonyl (C=O) groups excluding carboxylic acids is 2. The van der Waals surface area contributed by atoms with E-state index in [9.17, 15) is 9.59 Å². The van der Waals surface area contributed by atoms with E-state index in [0.717, 1.165) is 22.9 Å². The SMILES string of the molecule is CCOC(=O)[C@@H]1C[C@H]1CN(Cc1ccccc1)C(=O)c1ccc2ccccc2n1. The largest absolute Gasteiger partial charge is 0.466 e. The van der Waals surface area contributed by atoms with Crippen LogP contribution in [0.1, 0.15) is 29.4 Å². The number of para-hydroxylation sites is 1. The zero-order valence-electron chi connectivity index (χ0n) is 16.5. The predicted octanol–water partition coefficient (Wildman–Crippen LogP) is 4.08. The number of hydrogen-bond acceptors (Lipinski definition) is 4. The molecule has 0 N–H and O–H groups in total. The van der Waals surface area contributed by atoms with Crippen molar-refractivity contribution in [2.75, 3.05) is 13.2 Å². The average molecular weight is 388 g/mol. The fraction of sp³-hybridized carbons (Fsp3) is 0.292. The van der Waals surface area contributed by atoms with E-state index in [4.69, 9.17) is 4.74 Å². The first-order valence-corrected chi connectivity index (χ1v) is 10.0. The summed E-state index contributed by atoms with van der Waals surface area (Å²) in [6.45, 7) is 3.20. The first-order valence-electron chi connectivity index (χ1n) is 10.0. The molecular weight excluding hydrogens is 364 g/mol. The van der Waals surface area contributed by atoms with Crippen molar-refractivity contribution >= 4 is 22.8 Å². The summed E-state index contributed by atoms with van der Waals surface area (Å²) in [7, 11) is 0. The second-order valence-corrected chi connectivity index (χ2v) is 7.41. The van der Waals surface area contributed by atoms with Gasteiger partial charge < -0.3 is 9.64 Å². The van der Waals surface area contributed by atoms with E-state index in [0.29, 0.717) is 25.4 Å². The molecule has 1 fully saturated rings. The van der Waals surface area contributed by atoms with Crippen LogP contribution in [-0.4, -0.2) is 34.9 Å². The number of pyridine rings is 1. The van der Waals surface area contributed by atoms with Crippen LogP contribution in [0, 0.1) is 11.8 Å². The molecule has 2 aromatic carbocycles. The highest BCUT2D eigenvalue weighted by Gasteiger charge is 2.45. The Hall–Kier alpha value is -3.21. The zero-order chi connectivity index (χ0) is 20.2. The molecule has 1 amide bonds. The number of rotatable bonds is 7. The third-order valence-electron chi connectivity index (χ3n) is 5.29. The molecule has 0 bridgehead atoms. The van der Waals surface area contributed by atoms with Gasteiger partial charge >= 0.3 is 5.97 Å². The van der Waals surface area contributed by atoms with E-state index in [1.165, 1.54) is 0 Å². The maximum Gasteiger partial charge on any atom is 0.309 e. The van der Waals surface area contributed by atoms with Crippen molar-refractivity contribution in [2.24, 2.45) is 11.8 Å². The van der Waals surface area contributed by atoms with Crippen molar-refractivity contribution in [3.8, 4) is 0 Å². The highest BCUT2D eigenvalue weighted by Crippen LogP contribution is 2.40. The van der Waals surface area contributed by atoms with Crippen LogP contribution in [0.3, 0.4) is 0 Å². The van der Waals surface area contributed by atoms with E-state index in [-0.39, 0.29) is 23.7 Å². The molecule has 1 saturated carbocycles. The minimum absolute atomic E-state index is 0.106. The highest BCUT2D eigenvalue weighted by atomic mass is 16.5.